The minimum atomic E-state index is -4.40. The lowest BCUT2D eigenvalue weighted by Gasteiger charge is -2.50. The number of benzene rings is 2. The maximum absolute atomic E-state index is 13.3. The highest BCUT2D eigenvalue weighted by atomic mass is 19.4. The summed E-state index contributed by atoms with van der Waals surface area (Å²) in [6.07, 6.45) is -4.44. The van der Waals surface area contributed by atoms with Gasteiger partial charge in [0.05, 0.1) is 20.6 Å². The molecule has 1 amide bonds. The third-order valence-corrected chi connectivity index (χ3v) is 6.39. The van der Waals surface area contributed by atoms with E-state index in [1.54, 1.807) is 25.7 Å². The molecule has 1 heterocycles. The first-order chi connectivity index (χ1) is 16.8. The standard InChI is InChI=1S/C27H35F3N2O4/c1-25(2,3)36-24(33)32-13-9-12-21(27(32,31)20-10-7-6-8-11-20)15-18-14-19(17-26(28,29)30)23(35-5)16-22(18)34-4/h6-8,10-11,14,16,21H,9,12-13,15,17,31H2,1-5H3/t21-,27+/m0/s1. The molecule has 2 aromatic carbocycles. The molecule has 36 heavy (non-hydrogen) atoms. The molecule has 9 heteroatoms. The van der Waals surface area contributed by atoms with Crippen LogP contribution in [0.15, 0.2) is 42.5 Å². The summed E-state index contributed by atoms with van der Waals surface area (Å²) >= 11 is 0. The van der Waals surface area contributed by atoms with Crippen molar-refractivity contribution in [2.75, 3.05) is 20.8 Å². The Hall–Kier alpha value is -2.94. The Labute approximate surface area is 210 Å². The fourth-order valence-corrected chi connectivity index (χ4v) is 4.85. The van der Waals surface area contributed by atoms with Crippen LogP contribution in [0.25, 0.3) is 0 Å². The molecule has 0 aromatic heterocycles. The normalized spacial score (nSPS) is 20.7. The SMILES string of the molecule is COc1cc(OC)c(CC(F)(F)F)cc1C[C@@H]1CCCN(C(=O)OC(C)(C)C)[C@]1(N)c1ccccc1. The number of hydrogen-bond acceptors (Lipinski definition) is 5. The van der Waals surface area contributed by atoms with Gasteiger partial charge in [-0.05, 0) is 57.2 Å². The first-order valence-electron chi connectivity index (χ1n) is 11.9. The van der Waals surface area contributed by atoms with Crippen molar-refractivity contribution in [1.82, 2.24) is 4.90 Å². The molecule has 3 rings (SSSR count). The van der Waals surface area contributed by atoms with Gasteiger partial charge in [0, 0.05) is 24.1 Å². The summed E-state index contributed by atoms with van der Waals surface area (Å²) in [7, 11) is 2.79. The van der Waals surface area contributed by atoms with E-state index >= 15 is 0 Å². The molecule has 0 saturated carbocycles. The fraction of sp³-hybridized carbons (Fsp3) is 0.519. The Bertz CT molecular complexity index is 1050. The largest absolute Gasteiger partial charge is 0.496 e. The molecule has 1 aliphatic rings. The highest BCUT2D eigenvalue weighted by molar-refractivity contribution is 5.70. The van der Waals surface area contributed by atoms with Crippen LogP contribution < -0.4 is 15.2 Å². The van der Waals surface area contributed by atoms with Gasteiger partial charge in [0.2, 0.25) is 0 Å². The van der Waals surface area contributed by atoms with E-state index in [-0.39, 0.29) is 17.2 Å². The van der Waals surface area contributed by atoms with Crippen LogP contribution in [-0.4, -0.2) is 43.5 Å². The number of piperidine rings is 1. The summed E-state index contributed by atoms with van der Waals surface area (Å²) in [5.74, 6) is 0.193. The average Bonchev–Trinajstić information content (AvgIpc) is 2.79. The highest BCUT2D eigenvalue weighted by Gasteiger charge is 2.48. The van der Waals surface area contributed by atoms with Crippen LogP contribution in [0, 0.1) is 5.92 Å². The number of likely N-dealkylation sites (tertiary alicyclic amines) is 1. The van der Waals surface area contributed by atoms with Gasteiger partial charge in [-0.2, -0.15) is 13.2 Å². The number of hydrogen-bond donors (Lipinski definition) is 1. The number of amides is 1. The van der Waals surface area contributed by atoms with Crippen LogP contribution >= 0.6 is 0 Å². The van der Waals surface area contributed by atoms with Gasteiger partial charge < -0.3 is 19.9 Å². The van der Waals surface area contributed by atoms with Gasteiger partial charge in [0.15, 0.2) is 0 Å². The summed E-state index contributed by atoms with van der Waals surface area (Å²) in [5.41, 5.74) is 6.46. The Morgan fingerprint density at radius 3 is 2.22 bits per heavy atom. The molecule has 198 valence electrons. The molecule has 0 spiro atoms. The molecule has 0 bridgehead atoms. The number of halogens is 3. The van der Waals surface area contributed by atoms with E-state index in [2.05, 4.69) is 0 Å². The third-order valence-electron chi connectivity index (χ3n) is 6.39. The van der Waals surface area contributed by atoms with E-state index in [0.717, 1.165) is 5.56 Å². The number of carbonyl (C=O) groups excluding carboxylic acids is 1. The highest BCUT2D eigenvalue weighted by Crippen LogP contribution is 2.43. The number of methoxy groups -OCH3 is 2. The fourth-order valence-electron chi connectivity index (χ4n) is 4.85. The van der Waals surface area contributed by atoms with Crippen molar-refractivity contribution in [3.63, 3.8) is 0 Å². The van der Waals surface area contributed by atoms with Gasteiger partial charge in [-0.25, -0.2) is 4.79 Å². The maximum atomic E-state index is 13.3. The average molecular weight is 509 g/mol. The summed E-state index contributed by atoms with van der Waals surface area (Å²) < 4.78 is 56.3. The number of nitrogens with two attached hydrogens (primary N) is 1. The lowest BCUT2D eigenvalue weighted by molar-refractivity contribution is -0.127. The molecule has 2 atom stereocenters. The molecule has 2 aromatic rings. The Morgan fingerprint density at radius 1 is 1.06 bits per heavy atom. The van der Waals surface area contributed by atoms with Crippen LogP contribution in [0.4, 0.5) is 18.0 Å². The Balaban J connectivity index is 2.07. The minimum Gasteiger partial charge on any atom is -0.496 e. The molecule has 0 aliphatic carbocycles. The van der Waals surface area contributed by atoms with E-state index < -0.39 is 30.0 Å². The molecule has 1 aliphatic heterocycles. The van der Waals surface area contributed by atoms with Crippen molar-refractivity contribution >= 4 is 6.09 Å². The molecule has 2 N–H and O–H groups in total. The van der Waals surface area contributed by atoms with E-state index in [1.165, 1.54) is 26.4 Å². The molecule has 0 radical (unpaired) electrons. The first kappa shape index (κ1) is 27.6. The summed E-state index contributed by atoms with van der Waals surface area (Å²) in [5, 5.41) is 0. The maximum Gasteiger partial charge on any atom is 0.412 e. The van der Waals surface area contributed by atoms with Gasteiger partial charge in [0.25, 0.3) is 0 Å². The van der Waals surface area contributed by atoms with Crippen LogP contribution in [-0.2, 0) is 23.2 Å². The van der Waals surface area contributed by atoms with E-state index in [9.17, 15) is 18.0 Å². The predicted octanol–water partition coefficient (Wildman–Crippen LogP) is 5.81. The van der Waals surface area contributed by atoms with Gasteiger partial charge in [-0.3, -0.25) is 4.90 Å². The van der Waals surface area contributed by atoms with Gasteiger partial charge in [-0.1, -0.05) is 30.3 Å². The number of carbonyl (C=O) groups is 1. The zero-order valence-electron chi connectivity index (χ0n) is 21.4. The number of alkyl halides is 3. The number of ether oxygens (including phenoxy) is 3. The molecule has 1 saturated heterocycles. The predicted molar refractivity (Wildman–Crippen MR) is 131 cm³/mol. The quantitative estimate of drug-likeness (QED) is 0.533. The van der Waals surface area contributed by atoms with Gasteiger partial charge >= 0.3 is 12.3 Å². The smallest absolute Gasteiger partial charge is 0.412 e. The van der Waals surface area contributed by atoms with Crippen molar-refractivity contribution in [3.05, 3.63) is 59.2 Å². The summed E-state index contributed by atoms with van der Waals surface area (Å²) in [6, 6.07) is 12.2. The lowest BCUT2D eigenvalue weighted by Crippen LogP contribution is -2.63. The Morgan fingerprint density at radius 2 is 1.67 bits per heavy atom. The zero-order valence-corrected chi connectivity index (χ0v) is 21.4. The van der Waals surface area contributed by atoms with Crippen LogP contribution in [0.5, 0.6) is 11.5 Å². The van der Waals surface area contributed by atoms with Gasteiger partial charge in [-0.15, -0.1) is 0 Å². The van der Waals surface area contributed by atoms with Crippen LogP contribution in [0.1, 0.15) is 50.3 Å². The monoisotopic (exact) mass is 508 g/mol. The molecular weight excluding hydrogens is 473 g/mol. The second-order valence-electron chi connectivity index (χ2n) is 10.1. The van der Waals surface area contributed by atoms with Crippen LogP contribution in [0.3, 0.4) is 0 Å². The molecule has 6 nitrogen and oxygen atoms in total. The van der Waals surface area contributed by atoms with Crippen molar-refractivity contribution in [2.24, 2.45) is 11.7 Å². The van der Waals surface area contributed by atoms with Crippen molar-refractivity contribution < 1.29 is 32.2 Å². The topological polar surface area (TPSA) is 74.0 Å². The third kappa shape index (κ3) is 6.24. The molecule has 1 fully saturated rings. The second kappa shape index (κ2) is 10.6. The lowest BCUT2D eigenvalue weighted by atomic mass is 9.75. The second-order valence-corrected chi connectivity index (χ2v) is 10.1. The zero-order chi connectivity index (χ0) is 26.7. The van der Waals surface area contributed by atoms with Crippen LogP contribution in [0.2, 0.25) is 0 Å². The number of nitrogens with zero attached hydrogens (tertiary/aromatic N) is 1. The summed E-state index contributed by atoms with van der Waals surface area (Å²) in [6.45, 7) is 5.77. The number of rotatable bonds is 6. The van der Waals surface area contributed by atoms with Crippen molar-refractivity contribution in [1.29, 1.82) is 0 Å². The van der Waals surface area contributed by atoms with Gasteiger partial charge in [0.1, 0.15) is 22.8 Å². The van der Waals surface area contributed by atoms with Crippen molar-refractivity contribution in [2.45, 2.75) is 63.9 Å². The Kier molecular flexibility index (Phi) is 8.13. The minimum absolute atomic E-state index is 0.0166. The molecule has 0 unspecified atom stereocenters. The van der Waals surface area contributed by atoms with Crippen molar-refractivity contribution in [3.8, 4) is 11.5 Å². The summed E-state index contributed by atoms with van der Waals surface area (Å²) in [4.78, 5) is 14.8. The molecular formula is C27H35F3N2O4. The van der Waals surface area contributed by atoms with E-state index in [0.29, 0.717) is 37.1 Å². The van der Waals surface area contributed by atoms with E-state index in [4.69, 9.17) is 19.9 Å². The van der Waals surface area contributed by atoms with E-state index in [1.807, 2.05) is 30.3 Å². The first-order valence-corrected chi connectivity index (χ1v) is 11.9.